The number of methoxy groups -OCH3 is 1. The number of pyridine rings is 1. The van der Waals surface area contributed by atoms with Crippen molar-refractivity contribution in [1.82, 2.24) is 19.7 Å². The van der Waals surface area contributed by atoms with E-state index in [0.717, 1.165) is 11.1 Å². The highest BCUT2D eigenvalue weighted by Crippen LogP contribution is 2.37. The second-order valence-electron chi connectivity index (χ2n) is 7.75. The van der Waals surface area contributed by atoms with Crippen molar-refractivity contribution >= 4 is 29.1 Å². The number of halogens is 1. The molecule has 2 N–H and O–H groups in total. The van der Waals surface area contributed by atoms with Crippen LogP contribution in [0, 0.1) is 0 Å². The first-order valence-electron chi connectivity index (χ1n) is 10.6. The number of nitrogens with one attached hydrogen (secondary N) is 2. The third-order valence-electron chi connectivity index (χ3n) is 5.53. The van der Waals surface area contributed by atoms with Crippen LogP contribution < -0.4 is 15.4 Å². The number of nitrogens with zero attached hydrogens (tertiary/aromatic N) is 4. The van der Waals surface area contributed by atoms with E-state index in [2.05, 4.69) is 15.6 Å². The maximum atomic E-state index is 13.5. The predicted octanol–water partition coefficient (Wildman–Crippen LogP) is 4.93. The molecule has 0 spiro atoms. The van der Waals surface area contributed by atoms with Crippen LogP contribution in [0.25, 0.3) is 11.4 Å². The molecule has 2 aromatic heterocycles. The topological polar surface area (TPSA) is 94.0 Å². The van der Waals surface area contributed by atoms with Crippen LogP contribution in [-0.2, 0) is 4.79 Å². The number of ether oxygens (including phenoxy) is 1. The molecule has 1 aliphatic heterocycles. The molecule has 0 bridgehead atoms. The lowest BCUT2D eigenvalue weighted by Gasteiger charge is -2.28. The first-order chi connectivity index (χ1) is 16.5. The van der Waals surface area contributed by atoms with E-state index < -0.39 is 6.04 Å². The molecule has 2 aromatic carbocycles. The van der Waals surface area contributed by atoms with Crippen LogP contribution in [0.5, 0.6) is 5.75 Å². The highest BCUT2D eigenvalue weighted by Gasteiger charge is 2.34. The van der Waals surface area contributed by atoms with Gasteiger partial charge in [-0.25, -0.2) is 4.68 Å². The van der Waals surface area contributed by atoms with Crippen LogP contribution in [-0.4, -0.2) is 32.8 Å². The molecule has 8 nitrogen and oxygen atoms in total. The standard InChI is InChI=1S/C25H21ClN6O2/c1-15-21(24(33)29-19-6-4-12-27-14-19)22(16-8-10-18(26)11-9-16)32-25(28-15)30-23(31-32)17-5-3-7-20(13-17)34-2/h3-14,22H,1-2H3,(H,29,33)(H,28,30,31). The van der Waals surface area contributed by atoms with Crippen molar-refractivity contribution in [3.05, 3.63) is 94.9 Å². The van der Waals surface area contributed by atoms with Gasteiger partial charge in [0.2, 0.25) is 5.95 Å². The molecule has 1 unspecified atom stereocenters. The van der Waals surface area contributed by atoms with Crippen LogP contribution in [0.15, 0.2) is 84.3 Å². The Labute approximate surface area is 201 Å². The fraction of sp³-hybridized carbons (Fsp3) is 0.120. The lowest BCUT2D eigenvalue weighted by Crippen LogP contribution is -2.31. The minimum Gasteiger partial charge on any atom is -0.497 e. The Bertz CT molecular complexity index is 1380. The Hall–Kier alpha value is -4.17. The molecule has 0 saturated heterocycles. The van der Waals surface area contributed by atoms with Crippen molar-refractivity contribution in [2.75, 3.05) is 17.7 Å². The van der Waals surface area contributed by atoms with E-state index in [1.165, 1.54) is 0 Å². The Kier molecular flexibility index (Phi) is 5.73. The molecule has 0 aliphatic carbocycles. The molecule has 1 aliphatic rings. The van der Waals surface area contributed by atoms with Gasteiger partial charge in [-0.05, 0) is 48.9 Å². The average molecular weight is 473 g/mol. The van der Waals surface area contributed by atoms with Crippen molar-refractivity contribution in [3.8, 4) is 17.1 Å². The Morgan fingerprint density at radius 2 is 1.97 bits per heavy atom. The van der Waals surface area contributed by atoms with Crippen LogP contribution >= 0.6 is 11.6 Å². The van der Waals surface area contributed by atoms with Gasteiger partial charge in [0, 0.05) is 22.5 Å². The predicted molar refractivity (Wildman–Crippen MR) is 131 cm³/mol. The number of carbonyl (C=O) groups is 1. The molecule has 4 aromatic rings. The minimum atomic E-state index is -0.517. The van der Waals surface area contributed by atoms with E-state index in [1.54, 1.807) is 48.5 Å². The third-order valence-corrected chi connectivity index (χ3v) is 5.78. The monoisotopic (exact) mass is 472 g/mol. The Morgan fingerprint density at radius 3 is 2.71 bits per heavy atom. The fourth-order valence-corrected chi connectivity index (χ4v) is 4.04. The number of hydrogen-bond acceptors (Lipinski definition) is 6. The highest BCUT2D eigenvalue weighted by atomic mass is 35.5. The molecule has 1 atom stereocenters. The van der Waals surface area contributed by atoms with E-state index in [-0.39, 0.29) is 5.91 Å². The molecule has 34 heavy (non-hydrogen) atoms. The van der Waals surface area contributed by atoms with Gasteiger partial charge in [-0.3, -0.25) is 9.78 Å². The van der Waals surface area contributed by atoms with Crippen molar-refractivity contribution in [2.45, 2.75) is 13.0 Å². The third kappa shape index (κ3) is 4.11. The molecule has 170 valence electrons. The molecule has 3 heterocycles. The van der Waals surface area contributed by atoms with Crippen LogP contribution in [0.4, 0.5) is 11.6 Å². The molecule has 0 radical (unpaired) electrons. The van der Waals surface area contributed by atoms with Gasteiger partial charge >= 0.3 is 0 Å². The van der Waals surface area contributed by atoms with E-state index in [4.69, 9.17) is 26.4 Å². The number of benzene rings is 2. The highest BCUT2D eigenvalue weighted by molar-refractivity contribution is 6.30. The zero-order chi connectivity index (χ0) is 23.7. The molecule has 0 saturated carbocycles. The van der Waals surface area contributed by atoms with E-state index in [1.807, 2.05) is 43.3 Å². The maximum Gasteiger partial charge on any atom is 0.255 e. The van der Waals surface area contributed by atoms with Gasteiger partial charge in [-0.2, -0.15) is 4.98 Å². The van der Waals surface area contributed by atoms with E-state index in [9.17, 15) is 4.79 Å². The number of anilines is 2. The second kappa shape index (κ2) is 8.99. The van der Waals surface area contributed by atoms with Crippen LogP contribution in [0.1, 0.15) is 18.5 Å². The molecule has 5 rings (SSSR count). The van der Waals surface area contributed by atoms with E-state index in [0.29, 0.717) is 39.5 Å². The number of allylic oxidation sites excluding steroid dienone is 1. The fourth-order valence-electron chi connectivity index (χ4n) is 3.92. The number of fused-ring (bicyclic) bond motifs is 1. The normalized spacial score (nSPS) is 14.9. The van der Waals surface area contributed by atoms with Gasteiger partial charge in [-0.1, -0.05) is 35.9 Å². The molecule has 9 heteroatoms. The summed E-state index contributed by atoms with van der Waals surface area (Å²) < 4.78 is 7.07. The Balaban J connectivity index is 1.60. The zero-order valence-corrected chi connectivity index (χ0v) is 19.2. The summed E-state index contributed by atoms with van der Waals surface area (Å²) in [5, 5.41) is 11.6. The number of amides is 1. The molecular formula is C25H21ClN6O2. The van der Waals surface area contributed by atoms with E-state index >= 15 is 0 Å². The zero-order valence-electron chi connectivity index (χ0n) is 18.5. The molecule has 0 fully saturated rings. The average Bonchev–Trinajstić information content (AvgIpc) is 3.28. The summed E-state index contributed by atoms with van der Waals surface area (Å²) in [4.78, 5) is 22.2. The SMILES string of the molecule is COc1cccc(-c2nc3n(n2)C(c2ccc(Cl)cc2)C(C(=O)Nc2cccnc2)=C(C)N3)c1. The van der Waals surface area contributed by atoms with Gasteiger partial charge in [0.25, 0.3) is 5.91 Å². The molecular weight excluding hydrogens is 452 g/mol. The summed E-state index contributed by atoms with van der Waals surface area (Å²) >= 11 is 6.14. The summed E-state index contributed by atoms with van der Waals surface area (Å²) in [7, 11) is 1.61. The van der Waals surface area contributed by atoms with Crippen molar-refractivity contribution in [2.24, 2.45) is 0 Å². The first kappa shape index (κ1) is 21.7. The second-order valence-corrected chi connectivity index (χ2v) is 8.19. The number of carbonyl (C=O) groups excluding carboxylic acids is 1. The Morgan fingerprint density at radius 1 is 1.15 bits per heavy atom. The number of rotatable bonds is 5. The van der Waals surface area contributed by atoms with Crippen LogP contribution in [0.2, 0.25) is 5.02 Å². The van der Waals surface area contributed by atoms with Crippen molar-refractivity contribution < 1.29 is 9.53 Å². The summed E-state index contributed by atoms with van der Waals surface area (Å²) in [6.45, 7) is 1.85. The van der Waals surface area contributed by atoms with Gasteiger partial charge in [0.15, 0.2) is 5.82 Å². The smallest absolute Gasteiger partial charge is 0.255 e. The quantitative estimate of drug-likeness (QED) is 0.427. The first-order valence-corrected chi connectivity index (χ1v) is 11.0. The number of hydrogen-bond donors (Lipinski definition) is 2. The van der Waals surface area contributed by atoms with Gasteiger partial charge in [-0.15, -0.1) is 5.10 Å². The van der Waals surface area contributed by atoms with Gasteiger partial charge < -0.3 is 15.4 Å². The van der Waals surface area contributed by atoms with Crippen LogP contribution in [0.3, 0.4) is 0 Å². The number of aromatic nitrogens is 4. The summed E-state index contributed by atoms with van der Waals surface area (Å²) in [5.41, 5.74) is 3.45. The van der Waals surface area contributed by atoms with Crippen molar-refractivity contribution in [1.29, 1.82) is 0 Å². The largest absolute Gasteiger partial charge is 0.497 e. The lowest BCUT2D eigenvalue weighted by molar-refractivity contribution is -0.113. The molecule has 1 amide bonds. The maximum absolute atomic E-state index is 13.5. The minimum absolute atomic E-state index is 0.262. The summed E-state index contributed by atoms with van der Waals surface area (Å²) in [6.07, 6.45) is 3.25. The summed E-state index contributed by atoms with van der Waals surface area (Å²) in [6, 6.07) is 17.9. The van der Waals surface area contributed by atoms with Gasteiger partial charge in [0.05, 0.1) is 24.6 Å². The van der Waals surface area contributed by atoms with Gasteiger partial charge in [0.1, 0.15) is 11.8 Å². The lowest BCUT2D eigenvalue weighted by atomic mass is 9.95. The van der Waals surface area contributed by atoms with Crippen molar-refractivity contribution in [3.63, 3.8) is 0 Å². The summed E-state index contributed by atoms with van der Waals surface area (Å²) in [5.74, 6) is 1.50.